The summed E-state index contributed by atoms with van der Waals surface area (Å²) >= 11 is 0. The van der Waals surface area contributed by atoms with Crippen molar-refractivity contribution < 1.29 is 22.8 Å². The SMILES string of the molecule is CC(C)[Si]1(O[Si](C(C)C)(C(C)C)C(C)C)OC[C@H]2O[C@@H](n3cnc4c(N=CN(C)C)ncnc43)[C@H](O)[C@@H]2O1. The summed E-state index contributed by atoms with van der Waals surface area (Å²) in [5.41, 5.74) is 2.25. The normalized spacial score (nSPS) is 28.5. The van der Waals surface area contributed by atoms with Gasteiger partial charge in [-0.1, -0.05) is 55.4 Å². The highest BCUT2D eigenvalue weighted by molar-refractivity contribution is 6.85. The largest absolute Gasteiger partial charge is 0.493 e. The summed E-state index contributed by atoms with van der Waals surface area (Å²) in [6.07, 6.45) is 2.01. The Kier molecular flexibility index (Phi) is 8.48. The molecule has 2 fully saturated rings. The predicted octanol–water partition coefficient (Wildman–Crippen LogP) is 4.26. The van der Waals surface area contributed by atoms with Crippen LogP contribution in [0.2, 0.25) is 22.2 Å². The number of aliphatic imine (C=N–C) groups is 1. The second-order valence-electron chi connectivity index (χ2n) is 11.9. The number of fused-ring (bicyclic) bond motifs is 2. The molecule has 0 saturated carbocycles. The van der Waals surface area contributed by atoms with Gasteiger partial charge in [0.1, 0.15) is 24.6 Å². The smallest absolute Gasteiger partial charge is 0.414 e. The highest BCUT2D eigenvalue weighted by Crippen LogP contribution is 2.48. The van der Waals surface area contributed by atoms with Gasteiger partial charge in [0.15, 0.2) is 31.5 Å². The van der Waals surface area contributed by atoms with Gasteiger partial charge < -0.3 is 27.7 Å². The van der Waals surface area contributed by atoms with Crippen LogP contribution in [0, 0.1) is 0 Å². The fraction of sp³-hybridized carbons (Fsp3) is 0.760. The van der Waals surface area contributed by atoms with Crippen molar-refractivity contribution in [1.29, 1.82) is 0 Å². The van der Waals surface area contributed by atoms with Crippen LogP contribution in [0.1, 0.15) is 61.6 Å². The summed E-state index contributed by atoms with van der Waals surface area (Å²) in [6, 6.07) is 0. The number of aliphatic hydroxyl groups excluding tert-OH is 1. The molecule has 1 N–H and O–H groups in total. The molecule has 2 saturated heterocycles. The summed E-state index contributed by atoms with van der Waals surface area (Å²) in [5, 5.41) is 11.5. The molecule has 2 aromatic heterocycles. The van der Waals surface area contributed by atoms with Crippen molar-refractivity contribution in [3.8, 4) is 0 Å². The van der Waals surface area contributed by atoms with Gasteiger partial charge in [-0.05, 0) is 16.6 Å². The van der Waals surface area contributed by atoms with Crippen molar-refractivity contribution in [2.24, 2.45) is 4.99 Å². The number of hydrogen-bond acceptors (Lipinski definition) is 9. The highest BCUT2D eigenvalue weighted by Gasteiger charge is 2.62. The molecule has 212 valence electrons. The van der Waals surface area contributed by atoms with Crippen molar-refractivity contribution in [2.75, 3.05) is 20.7 Å². The van der Waals surface area contributed by atoms with Crippen LogP contribution in [0.4, 0.5) is 5.82 Å². The molecule has 0 aromatic carbocycles. The van der Waals surface area contributed by atoms with Gasteiger partial charge in [0.25, 0.3) is 0 Å². The quantitative estimate of drug-likeness (QED) is 0.271. The number of hydrogen-bond donors (Lipinski definition) is 1. The monoisotopic (exact) mass is 564 g/mol. The average Bonchev–Trinajstić information content (AvgIpc) is 3.41. The summed E-state index contributed by atoms with van der Waals surface area (Å²) in [7, 11) is -1.70. The van der Waals surface area contributed by atoms with Gasteiger partial charge in [-0.25, -0.2) is 19.9 Å². The lowest BCUT2D eigenvalue weighted by atomic mass is 10.1. The lowest BCUT2D eigenvalue weighted by Gasteiger charge is -2.51. The molecule has 0 spiro atoms. The van der Waals surface area contributed by atoms with Crippen LogP contribution >= 0.6 is 0 Å². The van der Waals surface area contributed by atoms with E-state index in [0.717, 1.165) is 0 Å². The van der Waals surface area contributed by atoms with Gasteiger partial charge in [0, 0.05) is 19.6 Å². The summed E-state index contributed by atoms with van der Waals surface area (Å²) in [5.74, 6) is 0.448. The Hall–Kier alpha value is -1.75. The van der Waals surface area contributed by atoms with Crippen molar-refractivity contribution in [3.63, 3.8) is 0 Å². The van der Waals surface area contributed by atoms with E-state index in [0.29, 0.717) is 40.2 Å². The fourth-order valence-electron chi connectivity index (χ4n) is 6.02. The van der Waals surface area contributed by atoms with Crippen LogP contribution in [-0.2, 0) is 17.7 Å². The summed E-state index contributed by atoms with van der Waals surface area (Å²) < 4.78 is 28.6. The molecule has 38 heavy (non-hydrogen) atoms. The van der Waals surface area contributed by atoms with E-state index in [2.05, 4.69) is 75.3 Å². The third kappa shape index (κ3) is 4.98. The molecule has 13 heteroatoms. The zero-order valence-corrected chi connectivity index (χ0v) is 26.3. The van der Waals surface area contributed by atoms with Crippen molar-refractivity contribution in [3.05, 3.63) is 12.7 Å². The molecule has 1 unspecified atom stereocenters. The molecule has 4 heterocycles. The Morgan fingerprint density at radius 1 is 1.11 bits per heavy atom. The third-order valence-electron chi connectivity index (χ3n) is 7.82. The molecular formula is C25H44N6O5Si2. The Morgan fingerprint density at radius 3 is 2.34 bits per heavy atom. The van der Waals surface area contributed by atoms with Crippen molar-refractivity contribution in [2.45, 2.75) is 102 Å². The summed E-state index contributed by atoms with van der Waals surface area (Å²) in [4.78, 5) is 19.4. The molecule has 0 amide bonds. The van der Waals surface area contributed by atoms with E-state index in [-0.39, 0.29) is 5.54 Å². The molecule has 0 aliphatic carbocycles. The van der Waals surface area contributed by atoms with Gasteiger partial charge >= 0.3 is 8.80 Å². The maximum Gasteiger partial charge on any atom is 0.493 e. The topological polar surface area (TPSA) is 116 Å². The van der Waals surface area contributed by atoms with Crippen molar-refractivity contribution in [1.82, 2.24) is 24.4 Å². The van der Waals surface area contributed by atoms with Gasteiger partial charge in [-0.15, -0.1) is 0 Å². The lowest BCUT2D eigenvalue weighted by molar-refractivity contribution is -0.0894. The predicted molar refractivity (Wildman–Crippen MR) is 151 cm³/mol. The number of rotatable bonds is 9. The molecule has 2 aliphatic rings. The number of aromatic nitrogens is 4. The van der Waals surface area contributed by atoms with Crippen LogP contribution < -0.4 is 0 Å². The maximum atomic E-state index is 11.5. The van der Waals surface area contributed by atoms with E-state index in [1.807, 2.05) is 19.0 Å². The Labute approximate surface area is 228 Å². The minimum atomic E-state index is -3.16. The van der Waals surface area contributed by atoms with Crippen LogP contribution in [0.5, 0.6) is 0 Å². The average molecular weight is 565 g/mol. The maximum absolute atomic E-state index is 11.5. The molecule has 0 bridgehead atoms. The van der Waals surface area contributed by atoms with E-state index in [1.54, 1.807) is 17.2 Å². The molecule has 5 atom stereocenters. The third-order valence-corrected chi connectivity index (χ3v) is 18.4. The minimum Gasteiger partial charge on any atom is -0.414 e. The van der Waals surface area contributed by atoms with Crippen LogP contribution in [0.25, 0.3) is 11.2 Å². The fourth-order valence-corrected chi connectivity index (χ4v) is 17.9. The zero-order chi connectivity index (χ0) is 28.0. The first-order chi connectivity index (χ1) is 17.8. The van der Waals surface area contributed by atoms with Gasteiger partial charge in [0.05, 0.1) is 19.3 Å². The second-order valence-corrected chi connectivity index (χ2v) is 20.7. The van der Waals surface area contributed by atoms with Crippen LogP contribution in [0.15, 0.2) is 17.6 Å². The first kappa shape index (κ1) is 29.2. The van der Waals surface area contributed by atoms with Gasteiger partial charge in [-0.2, -0.15) is 0 Å². The minimum absolute atomic E-state index is 0.0387. The van der Waals surface area contributed by atoms with E-state index >= 15 is 0 Å². The van der Waals surface area contributed by atoms with Crippen LogP contribution in [0.3, 0.4) is 0 Å². The van der Waals surface area contributed by atoms with Gasteiger partial charge in [-0.3, -0.25) is 4.57 Å². The first-order valence-corrected chi connectivity index (χ1v) is 17.5. The number of nitrogens with zero attached hydrogens (tertiary/aromatic N) is 6. The van der Waals surface area contributed by atoms with E-state index < -0.39 is 41.7 Å². The molecule has 0 radical (unpaired) electrons. The summed E-state index contributed by atoms with van der Waals surface area (Å²) in [6.45, 7) is 18.0. The number of imidazole rings is 1. The first-order valence-electron chi connectivity index (χ1n) is 13.6. The zero-order valence-electron chi connectivity index (χ0n) is 24.3. The molecule has 11 nitrogen and oxygen atoms in total. The lowest BCUT2D eigenvalue weighted by Crippen LogP contribution is -2.66. The Morgan fingerprint density at radius 2 is 1.76 bits per heavy atom. The molecule has 2 aliphatic heterocycles. The van der Waals surface area contributed by atoms with E-state index in [1.165, 1.54) is 6.33 Å². The van der Waals surface area contributed by atoms with E-state index in [9.17, 15) is 5.11 Å². The highest BCUT2D eigenvalue weighted by atomic mass is 28.5. The standard InChI is InChI=1S/C25H44N6O5Si2/c1-15(2)37(16(3)4,17(5)6)36-38(18(7)8)33-11-19-22(35-38)21(32)25(34-19)31-14-28-20-23(29-13-30(9)10)26-12-27-24(20)31/h12-19,21-22,25,32H,11H2,1-10H3/t19-,21-,22-,25-,38?/m1/s1. The Balaban J connectivity index is 1.65. The molecular weight excluding hydrogens is 520 g/mol. The van der Waals surface area contributed by atoms with E-state index in [4.69, 9.17) is 17.7 Å². The van der Waals surface area contributed by atoms with Crippen molar-refractivity contribution >= 4 is 40.4 Å². The van der Waals surface area contributed by atoms with Gasteiger partial charge in [0.2, 0.25) is 0 Å². The number of aliphatic hydroxyl groups is 1. The second kappa shape index (κ2) is 11.0. The Bertz CT molecular complexity index is 1120. The molecule has 4 rings (SSSR count). The molecule has 2 aromatic rings. The number of ether oxygens (including phenoxy) is 1. The van der Waals surface area contributed by atoms with Crippen LogP contribution in [-0.4, -0.2) is 92.0 Å².